The number of ether oxygens (including phenoxy) is 1. The van der Waals surface area contributed by atoms with E-state index in [2.05, 4.69) is 233 Å². The molecule has 0 saturated carbocycles. The standard InChI is InChI=1S/C28H32N4O.C25H32N4O2.C22H24ClN3O.C21H20N4O/c1-3-24-28(33)31-26-19-23(15-16-25(26)30-24)27(22-13-8-5-9-14-22)29-17-10-18-32(2)20-21-11-6-4-7-12-21;1-3-21-25(30)28-23-17-19(9-10-22(23)27-21)24(18-7-5-4-6-8-18)29-14-11-20(12-15-29)26-13-16-31-2;1-2-18-22(27)25-20-14-16(8-11-19(20)24-18)21(26-12-4-3-5-13-26)15-6-9-17(23)10-7-15;1-2-17-21(26)24-19-12-15(8-9-18(19)23-17)13-20(25-11-10-22-14-25)16-6-4-3-5-7-16/h4-9,11-16,19,27,29H,3,10,17-18,20H2,1-2H3,(H,31,33);4-10,17,20,24,26H,3,11-16H2,1-2H3,(H,28,30);6-11,14,21H,2-5,12-13H2,1H3,(H,25,27);3-12,14,20H,2,13H2,1H3,(H,24,26). The van der Waals surface area contributed by atoms with E-state index < -0.39 is 0 Å². The first-order chi connectivity index (χ1) is 57.2. The van der Waals surface area contributed by atoms with Gasteiger partial charge in [0.15, 0.2) is 0 Å². The average Bonchev–Trinajstić information content (AvgIpc) is 1.22. The van der Waals surface area contributed by atoms with Gasteiger partial charge >= 0.3 is 0 Å². The normalized spacial score (nSPS) is 14.4. The predicted octanol–water partition coefficient (Wildman–Crippen LogP) is 16.2. The second-order valence-corrected chi connectivity index (χ2v) is 30.7. The molecule has 604 valence electrons. The van der Waals surface area contributed by atoms with Crippen LogP contribution in [0.3, 0.4) is 0 Å². The maximum absolute atomic E-state index is 12.3. The van der Waals surface area contributed by atoms with Crippen molar-refractivity contribution in [2.24, 2.45) is 0 Å². The molecule has 16 rings (SSSR count). The minimum Gasteiger partial charge on any atom is -0.383 e. The Hall–Kier alpha value is -11.2. The minimum absolute atomic E-state index is 0.0457. The van der Waals surface area contributed by atoms with Gasteiger partial charge in [-0.15, -0.1) is 0 Å². The first kappa shape index (κ1) is 83.7. The number of methoxy groups -OCH3 is 1. The van der Waals surface area contributed by atoms with Gasteiger partial charge in [0.25, 0.3) is 22.2 Å². The van der Waals surface area contributed by atoms with Crippen LogP contribution in [0.15, 0.2) is 256 Å². The minimum atomic E-state index is -0.105. The van der Waals surface area contributed by atoms with E-state index in [0.29, 0.717) is 54.5 Å². The van der Waals surface area contributed by atoms with E-state index in [0.717, 1.165) is 145 Å². The third-order valence-corrected chi connectivity index (χ3v) is 22.4. The number of likely N-dealkylation sites (tertiary alicyclic amines) is 2. The molecular formula is C96H108ClN15O5. The van der Waals surface area contributed by atoms with Gasteiger partial charge in [-0.25, -0.2) is 24.9 Å². The number of benzene rings is 9. The van der Waals surface area contributed by atoms with Gasteiger partial charge in [-0.2, -0.15) is 0 Å². The van der Waals surface area contributed by atoms with Crippen LogP contribution in [-0.2, 0) is 43.4 Å². The maximum atomic E-state index is 12.3. The van der Waals surface area contributed by atoms with Crippen LogP contribution in [0.1, 0.15) is 163 Å². The fourth-order valence-electron chi connectivity index (χ4n) is 16.0. The lowest BCUT2D eigenvalue weighted by Gasteiger charge is -2.38. The Balaban J connectivity index is 0.000000136. The summed E-state index contributed by atoms with van der Waals surface area (Å²) in [5.74, 6) is 0. The second kappa shape index (κ2) is 41.6. The fraction of sp³-hybridized carbons (Fsp3) is 0.323. The number of fused-ring (bicyclic) bond motifs is 4. The number of imidazole rings is 1. The molecule has 9 aromatic carbocycles. The molecule has 4 atom stereocenters. The average molecular weight is 1590 g/mol. The highest BCUT2D eigenvalue weighted by Crippen LogP contribution is 2.36. The highest BCUT2D eigenvalue weighted by atomic mass is 35.5. The number of H-pyrrole nitrogens is 4. The molecular weight excluding hydrogens is 1480 g/mol. The molecule has 21 heteroatoms. The summed E-state index contributed by atoms with van der Waals surface area (Å²) in [7, 11) is 3.91. The number of nitrogens with zero attached hydrogens (tertiary/aromatic N) is 9. The van der Waals surface area contributed by atoms with Crippen LogP contribution in [0.4, 0.5) is 0 Å². The van der Waals surface area contributed by atoms with Gasteiger partial charge in [0, 0.05) is 56.7 Å². The Kier molecular flexibility index (Phi) is 29.8. The number of halogens is 1. The van der Waals surface area contributed by atoms with Crippen LogP contribution in [0.2, 0.25) is 5.02 Å². The molecule has 0 amide bonds. The molecule has 117 heavy (non-hydrogen) atoms. The van der Waals surface area contributed by atoms with Gasteiger partial charge in [0.2, 0.25) is 0 Å². The van der Waals surface area contributed by atoms with E-state index in [1.54, 1.807) is 13.3 Å². The number of hydrogen-bond donors (Lipinski definition) is 6. The van der Waals surface area contributed by atoms with Gasteiger partial charge in [-0.1, -0.05) is 203 Å². The Morgan fingerprint density at radius 1 is 0.479 bits per heavy atom. The van der Waals surface area contributed by atoms with Gasteiger partial charge in [0.1, 0.15) is 22.8 Å². The molecule has 0 radical (unpaired) electrons. The summed E-state index contributed by atoms with van der Waals surface area (Å²) in [6, 6.07) is 76.0. The van der Waals surface area contributed by atoms with Crippen LogP contribution in [0, 0.1) is 0 Å². The Morgan fingerprint density at radius 2 is 0.915 bits per heavy atom. The predicted molar refractivity (Wildman–Crippen MR) is 473 cm³/mol. The van der Waals surface area contributed by atoms with Crippen LogP contribution in [0.5, 0.6) is 0 Å². The number of rotatable bonds is 27. The molecule has 7 heterocycles. The Bertz CT molecular complexity index is 5740. The summed E-state index contributed by atoms with van der Waals surface area (Å²) in [6.07, 6.45) is 15.9. The number of aromatic nitrogens is 10. The zero-order valence-electron chi connectivity index (χ0n) is 68.0. The van der Waals surface area contributed by atoms with Crippen molar-refractivity contribution in [3.8, 4) is 0 Å². The lowest BCUT2D eigenvalue weighted by Crippen LogP contribution is -2.44. The summed E-state index contributed by atoms with van der Waals surface area (Å²) < 4.78 is 7.27. The molecule has 0 bridgehead atoms. The van der Waals surface area contributed by atoms with E-state index in [1.807, 2.05) is 107 Å². The SMILES string of the molecule is CCc1nc2ccc(C(NCCCN(C)Cc3ccccc3)c3ccccc3)cc2[nH]c1=O.CCc1nc2ccc(C(c3ccc(Cl)cc3)N3CCCCC3)cc2[nH]c1=O.CCc1nc2ccc(C(c3ccccc3)N3CCC(NCCOC)CC3)cc2[nH]c1=O.CCc1nc2ccc(CC(c3ccccc3)n3ccnc3)cc2[nH]c1=O. The molecule has 2 aliphatic rings. The van der Waals surface area contributed by atoms with Crippen LogP contribution in [0.25, 0.3) is 44.1 Å². The van der Waals surface area contributed by atoms with Crippen molar-refractivity contribution in [1.29, 1.82) is 0 Å². The van der Waals surface area contributed by atoms with Crippen molar-refractivity contribution in [2.45, 2.75) is 135 Å². The van der Waals surface area contributed by atoms with E-state index in [9.17, 15) is 19.2 Å². The highest BCUT2D eigenvalue weighted by molar-refractivity contribution is 6.30. The van der Waals surface area contributed by atoms with E-state index >= 15 is 0 Å². The molecule has 2 fully saturated rings. The first-order valence-electron chi connectivity index (χ1n) is 41.4. The van der Waals surface area contributed by atoms with Crippen LogP contribution in [-0.4, -0.2) is 137 Å². The van der Waals surface area contributed by atoms with Crippen molar-refractivity contribution in [3.05, 3.63) is 356 Å². The van der Waals surface area contributed by atoms with Gasteiger partial charge in [-0.3, -0.25) is 29.0 Å². The van der Waals surface area contributed by atoms with Crippen molar-refractivity contribution in [2.75, 3.05) is 66.6 Å². The number of aromatic amines is 4. The third kappa shape index (κ3) is 22.1. The molecule has 14 aromatic rings. The fourth-order valence-corrected chi connectivity index (χ4v) is 16.1. The maximum Gasteiger partial charge on any atom is 0.270 e. The van der Waals surface area contributed by atoms with E-state index in [1.165, 1.54) is 58.2 Å². The Labute approximate surface area is 689 Å². The van der Waals surface area contributed by atoms with E-state index in [-0.39, 0.29) is 46.4 Å². The lowest BCUT2D eigenvalue weighted by atomic mass is 9.93. The summed E-state index contributed by atoms with van der Waals surface area (Å²) in [6.45, 7) is 16.5. The number of piperidine rings is 2. The van der Waals surface area contributed by atoms with Gasteiger partial charge in [0.05, 0.1) is 81.2 Å². The molecule has 2 aliphatic heterocycles. The van der Waals surface area contributed by atoms with Crippen molar-refractivity contribution < 1.29 is 4.74 Å². The molecule has 2 saturated heterocycles. The van der Waals surface area contributed by atoms with Crippen LogP contribution >= 0.6 is 11.6 Å². The highest BCUT2D eigenvalue weighted by Gasteiger charge is 2.29. The second-order valence-electron chi connectivity index (χ2n) is 30.3. The number of aryl methyl sites for hydroxylation is 4. The van der Waals surface area contributed by atoms with Gasteiger partial charge < -0.3 is 44.8 Å². The monoisotopic (exact) mass is 1590 g/mol. The third-order valence-electron chi connectivity index (χ3n) is 22.2. The number of nitrogens with one attached hydrogen (secondary N) is 6. The zero-order chi connectivity index (χ0) is 81.4. The smallest absolute Gasteiger partial charge is 0.270 e. The van der Waals surface area contributed by atoms with Crippen molar-refractivity contribution in [1.82, 2.24) is 74.8 Å². The molecule has 6 N–H and O–H groups in total. The molecule has 0 spiro atoms. The quantitative estimate of drug-likeness (QED) is 0.0262. The van der Waals surface area contributed by atoms with Gasteiger partial charge in [-0.05, 0) is 208 Å². The molecule has 0 aliphatic carbocycles. The zero-order valence-corrected chi connectivity index (χ0v) is 68.7. The summed E-state index contributed by atoms with van der Waals surface area (Å²) in [5, 5.41) is 8.08. The summed E-state index contributed by atoms with van der Waals surface area (Å²) in [5.41, 5.74) is 19.3. The number of hydrogen-bond acceptors (Lipinski definition) is 15. The largest absolute Gasteiger partial charge is 0.383 e. The van der Waals surface area contributed by atoms with Crippen LogP contribution < -0.4 is 32.9 Å². The Morgan fingerprint density at radius 3 is 1.40 bits per heavy atom. The molecule has 20 nitrogen and oxygen atoms in total. The summed E-state index contributed by atoms with van der Waals surface area (Å²) in [4.78, 5) is 90.6. The van der Waals surface area contributed by atoms with Crippen molar-refractivity contribution >= 4 is 55.7 Å². The lowest BCUT2D eigenvalue weighted by molar-refractivity contribution is 0.152. The molecule has 4 unspecified atom stereocenters. The molecule has 5 aromatic heterocycles. The van der Waals surface area contributed by atoms with E-state index in [4.69, 9.17) is 16.3 Å². The van der Waals surface area contributed by atoms with Crippen molar-refractivity contribution in [3.63, 3.8) is 0 Å². The summed E-state index contributed by atoms with van der Waals surface area (Å²) >= 11 is 6.11. The topological polar surface area (TPSA) is 244 Å². The first-order valence-corrected chi connectivity index (χ1v) is 41.8.